The first kappa shape index (κ1) is 21.6. The van der Waals surface area contributed by atoms with Crippen molar-refractivity contribution in [3.8, 4) is 11.5 Å². The average molecular weight is 445 g/mol. The molecule has 2 aliphatic heterocycles. The zero-order chi connectivity index (χ0) is 21.7. The number of ether oxygens (including phenoxy) is 2. The highest BCUT2D eigenvalue weighted by Gasteiger charge is 2.32. The summed E-state index contributed by atoms with van der Waals surface area (Å²) >= 11 is 0. The molecule has 0 aliphatic carbocycles. The smallest absolute Gasteiger partial charge is 0.228 e. The molecule has 0 unspecified atom stereocenters. The van der Waals surface area contributed by atoms with E-state index in [2.05, 4.69) is 5.32 Å². The highest BCUT2D eigenvalue weighted by molar-refractivity contribution is 7.89. The van der Waals surface area contributed by atoms with Crippen molar-refractivity contribution in [2.75, 3.05) is 37.4 Å². The largest absolute Gasteiger partial charge is 0.486 e. The number of anilines is 1. The highest BCUT2D eigenvalue weighted by Crippen LogP contribution is 2.33. The molecule has 7 nitrogen and oxygen atoms in total. The molecule has 2 heterocycles. The predicted octanol–water partition coefficient (Wildman–Crippen LogP) is 3.07. The Morgan fingerprint density at radius 1 is 1.06 bits per heavy atom. The van der Waals surface area contributed by atoms with E-state index in [9.17, 15) is 13.2 Å². The number of hydrogen-bond donors (Lipinski definition) is 1. The minimum atomic E-state index is -3.39. The van der Waals surface area contributed by atoms with E-state index in [1.54, 1.807) is 18.2 Å². The monoisotopic (exact) mass is 444 g/mol. The summed E-state index contributed by atoms with van der Waals surface area (Å²) in [5.41, 5.74) is 1.75. The van der Waals surface area contributed by atoms with E-state index in [-0.39, 0.29) is 24.1 Å². The van der Waals surface area contributed by atoms with E-state index in [4.69, 9.17) is 9.47 Å². The third kappa shape index (κ3) is 5.57. The van der Waals surface area contributed by atoms with E-state index in [0.29, 0.717) is 56.2 Å². The lowest BCUT2D eigenvalue weighted by molar-refractivity contribution is -0.120. The summed E-state index contributed by atoms with van der Waals surface area (Å²) in [6, 6.07) is 15.2. The Balaban J connectivity index is 1.32. The van der Waals surface area contributed by atoms with Crippen molar-refractivity contribution in [3.05, 3.63) is 54.1 Å². The second-order valence-electron chi connectivity index (χ2n) is 7.95. The van der Waals surface area contributed by atoms with Crippen LogP contribution in [0.25, 0.3) is 0 Å². The third-order valence-corrected chi connectivity index (χ3v) is 7.59. The van der Waals surface area contributed by atoms with Crippen LogP contribution in [-0.4, -0.2) is 50.7 Å². The van der Waals surface area contributed by atoms with Crippen LogP contribution in [0.5, 0.6) is 11.5 Å². The molecule has 4 rings (SSSR count). The summed E-state index contributed by atoms with van der Waals surface area (Å²) in [6.45, 7) is 1.69. The lowest BCUT2D eigenvalue weighted by Gasteiger charge is -2.31. The van der Waals surface area contributed by atoms with Gasteiger partial charge in [0.1, 0.15) is 13.2 Å². The van der Waals surface area contributed by atoms with Crippen molar-refractivity contribution in [3.63, 3.8) is 0 Å². The van der Waals surface area contributed by atoms with E-state index in [1.807, 2.05) is 30.3 Å². The third-order valence-electron chi connectivity index (χ3n) is 5.67. The molecule has 2 aromatic carbocycles. The molecule has 1 atom stereocenters. The van der Waals surface area contributed by atoms with Gasteiger partial charge in [-0.25, -0.2) is 12.7 Å². The van der Waals surface area contributed by atoms with Gasteiger partial charge in [-0.05, 0) is 43.4 Å². The first-order valence-electron chi connectivity index (χ1n) is 10.7. The molecule has 1 N–H and O–H groups in total. The molecule has 0 aromatic heterocycles. The van der Waals surface area contributed by atoms with Crippen molar-refractivity contribution in [1.29, 1.82) is 0 Å². The molecule has 0 saturated carbocycles. The van der Waals surface area contributed by atoms with Gasteiger partial charge < -0.3 is 14.8 Å². The summed E-state index contributed by atoms with van der Waals surface area (Å²) in [5, 5.41) is 2.90. The Bertz CT molecular complexity index is 1010. The molecule has 166 valence electrons. The minimum Gasteiger partial charge on any atom is -0.486 e. The standard InChI is InChI=1S/C23H28N2O5S/c26-23(24-20-10-11-21-22(16-20)30-14-13-29-21)19-9-4-12-25(17-19)31(27,28)15-5-8-18-6-2-1-3-7-18/h1-3,6-7,10-11,16,19H,4-5,8-9,12-15,17H2,(H,24,26)/t19-/m0/s1. The molecular weight excluding hydrogens is 416 g/mol. The zero-order valence-electron chi connectivity index (χ0n) is 17.5. The zero-order valence-corrected chi connectivity index (χ0v) is 18.3. The molecule has 8 heteroatoms. The quantitative estimate of drug-likeness (QED) is 0.710. The summed E-state index contributed by atoms with van der Waals surface area (Å²) in [6.07, 6.45) is 2.64. The van der Waals surface area contributed by atoms with Gasteiger partial charge in [-0.1, -0.05) is 30.3 Å². The maximum absolute atomic E-state index is 12.8. The van der Waals surface area contributed by atoms with E-state index in [1.165, 1.54) is 4.31 Å². The molecular formula is C23H28N2O5S. The fraction of sp³-hybridized carbons (Fsp3) is 0.435. The van der Waals surface area contributed by atoms with Crippen LogP contribution in [0.15, 0.2) is 48.5 Å². The summed E-state index contributed by atoms with van der Waals surface area (Å²) < 4.78 is 38.2. The van der Waals surface area contributed by atoms with Crippen LogP contribution in [0, 0.1) is 5.92 Å². The Morgan fingerprint density at radius 2 is 1.84 bits per heavy atom. The number of piperidine rings is 1. The summed E-state index contributed by atoms with van der Waals surface area (Å²) in [4.78, 5) is 12.8. The number of amides is 1. The summed E-state index contributed by atoms with van der Waals surface area (Å²) in [5.74, 6) is 0.829. The van der Waals surface area contributed by atoms with Gasteiger partial charge in [0.15, 0.2) is 11.5 Å². The van der Waals surface area contributed by atoms with Crippen LogP contribution in [0.1, 0.15) is 24.8 Å². The molecule has 1 saturated heterocycles. The van der Waals surface area contributed by atoms with E-state index >= 15 is 0 Å². The molecule has 31 heavy (non-hydrogen) atoms. The lowest BCUT2D eigenvalue weighted by Crippen LogP contribution is -2.44. The van der Waals surface area contributed by atoms with Crippen molar-refractivity contribution in [1.82, 2.24) is 4.31 Å². The maximum Gasteiger partial charge on any atom is 0.228 e. The summed E-state index contributed by atoms with van der Waals surface area (Å²) in [7, 11) is -3.39. The minimum absolute atomic E-state index is 0.0956. The van der Waals surface area contributed by atoms with E-state index in [0.717, 1.165) is 12.0 Å². The number of fused-ring (bicyclic) bond motifs is 1. The fourth-order valence-corrected chi connectivity index (χ4v) is 5.59. The first-order chi connectivity index (χ1) is 15.0. The number of benzene rings is 2. The normalized spacial score (nSPS) is 19.0. The van der Waals surface area contributed by atoms with E-state index < -0.39 is 10.0 Å². The van der Waals surface area contributed by atoms with Gasteiger partial charge in [0, 0.05) is 24.8 Å². The number of carbonyl (C=O) groups excluding carboxylic acids is 1. The van der Waals surface area contributed by atoms with Crippen molar-refractivity contribution in [2.45, 2.75) is 25.7 Å². The molecule has 2 aliphatic rings. The fourth-order valence-electron chi connectivity index (χ4n) is 4.01. The number of rotatable bonds is 7. The SMILES string of the molecule is O=C(Nc1ccc2c(c1)OCCO2)[C@H]1CCCN(S(=O)(=O)CCCc2ccccc2)C1. The van der Waals surface area contributed by atoms with Crippen LogP contribution < -0.4 is 14.8 Å². The van der Waals surface area contributed by atoms with Crippen LogP contribution in [0.2, 0.25) is 0 Å². The molecule has 2 aromatic rings. The van der Waals surface area contributed by atoms with Gasteiger partial charge in [0.2, 0.25) is 15.9 Å². The van der Waals surface area contributed by atoms with Gasteiger partial charge >= 0.3 is 0 Å². The van der Waals surface area contributed by atoms with Crippen LogP contribution >= 0.6 is 0 Å². The van der Waals surface area contributed by atoms with Crippen molar-refractivity contribution < 1.29 is 22.7 Å². The van der Waals surface area contributed by atoms with Gasteiger partial charge in [0.25, 0.3) is 0 Å². The second kappa shape index (κ2) is 9.70. The van der Waals surface area contributed by atoms with Crippen molar-refractivity contribution in [2.24, 2.45) is 5.92 Å². The highest BCUT2D eigenvalue weighted by atomic mass is 32.2. The molecule has 1 fully saturated rings. The van der Waals surface area contributed by atoms with Crippen LogP contribution in [0.3, 0.4) is 0 Å². The topological polar surface area (TPSA) is 84.9 Å². The second-order valence-corrected chi connectivity index (χ2v) is 10.0. The van der Waals surface area contributed by atoms with Gasteiger partial charge in [-0.3, -0.25) is 4.79 Å². The molecule has 0 bridgehead atoms. The number of nitrogens with zero attached hydrogens (tertiary/aromatic N) is 1. The predicted molar refractivity (Wildman–Crippen MR) is 119 cm³/mol. The number of carbonyl (C=O) groups is 1. The number of nitrogens with one attached hydrogen (secondary N) is 1. The Morgan fingerprint density at radius 3 is 2.65 bits per heavy atom. The van der Waals surface area contributed by atoms with Gasteiger partial charge in [0.05, 0.1) is 11.7 Å². The molecule has 0 spiro atoms. The maximum atomic E-state index is 12.8. The number of hydrogen-bond acceptors (Lipinski definition) is 5. The Kier molecular flexibility index (Phi) is 6.77. The molecule has 1 amide bonds. The Labute approximate surface area is 183 Å². The first-order valence-corrected chi connectivity index (χ1v) is 12.3. The molecule has 0 radical (unpaired) electrons. The van der Waals surface area contributed by atoms with Crippen molar-refractivity contribution >= 4 is 21.6 Å². The van der Waals surface area contributed by atoms with Crippen LogP contribution in [0.4, 0.5) is 5.69 Å². The number of sulfonamides is 1. The van der Waals surface area contributed by atoms with Gasteiger partial charge in [-0.15, -0.1) is 0 Å². The lowest BCUT2D eigenvalue weighted by atomic mass is 9.98. The number of aryl methyl sites for hydroxylation is 1. The Hall–Kier alpha value is -2.58. The van der Waals surface area contributed by atoms with Gasteiger partial charge in [-0.2, -0.15) is 0 Å². The van der Waals surface area contributed by atoms with Crippen LogP contribution in [-0.2, 0) is 21.2 Å². The average Bonchev–Trinajstić information content (AvgIpc) is 2.80.